The van der Waals surface area contributed by atoms with Gasteiger partial charge in [-0.15, -0.1) is 0 Å². The van der Waals surface area contributed by atoms with Gasteiger partial charge in [-0.05, 0) is 92.9 Å². The smallest absolute Gasteiger partial charge is 0.0983 e. The van der Waals surface area contributed by atoms with Crippen LogP contribution in [0.1, 0.15) is 77.2 Å². The molecule has 4 saturated carbocycles. The van der Waals surface area contributed by atoms with Crippen LogP contribution in [0.25, 0.3) is 0 Å². The van der Waals surface area contributed by atoms with Crippen LogP contribution in [0.5, 0.6) is 0 Å². The molecule has 0 aliphatic heterocycles. The van der Waals surface area contributed by atoms with Crippen molar-refractivity contribution in [3.05, 3.63) is 24.2 Å². The van der Waals surface area contributed by atoms with Gasteiger partial charge in [-0.2, -0.15) is 0 Å². The summed E-state index contributed by atoms with van der Waals surface area (Å²) < 4.78 is 11.4. The molecular formula is C25H39NO3. The van der Waals surface area contributed by atoms with Crippen molar-refractivity contribution in [1.29, 1.82) is 0 Å². The van der Waals surface area contributed by atoms with E-state index in [1.165, 1.54) is 38.5 Å². The van der Waals surface area contributed by atoms with E-state index in [1.807, 2.05) is 6.07 Å². The molecule has 1 heterocycles. The molecule has 0 radical (unpaired) electrons. The molecule has 1 aromatic rings. The summed E-state index contributed by atoms with van der Waals surface area (Å²) in [5, 5.41) is 11.8. The Morgan fingerprint density at radius 2 is 1.93 bits per heavy atom. The fraction of sp³-hybridized carbons (Fsp3) is 0.840. The Bertz CT molecular complexity index is 720. The van der Waals surface area contributed by atoms with Crippen LogP contribution >= 0.6 is 0 Å². The first-order valence-electron chi connectivity index (χ1n) is 12.0. The topological polar surface area (TPSA) is 68.6 Å². The molecule has 0 unspecified atom stereocenters. The Hall–Kier alpha value is -0.840. The van der Waals surface area contributed by atoms with Crippen molar-refractivity contribution in [2.45, 2.75) is 83.3 Å². The maximum atomic E-state index is 11.8. The van der Waals surface area contributed by atoms with Gasteiger partial charge in [0.15, 0.2) is 0 Å². The van der Waals surface area contributed by atoms with Crippen molar-refractivity contribution in [1.82, 2.24) is 0 Å². The average molecular weight is 402 g/mol. The van der Waals surface area contributed by atoms with Gasteiger partial charge in [-0.1, -0.05) is 13.8 Å². The fourth-order valence-electron chi connectivity index (χ4n) is 8.59. The van der Waals surface area contributed by atoms with Gasteiger partial charge in [0.2, 0.25) is 0 Å². The largest absolute Gasteiger partial charge is 0.472 e. The Kier molecular flexibility index (Phi) is 4.92. The second-order valence-electron chi connectivity index (χ2n) is 11.1. The third kappa shape index (κ3) is 2.81. The summed E-state index contributed by atoms with van der Waals surface area (Å²) in [5.41, 5.74) is 6.36. The highest BCUT2D eigenvalue weighted by Gasteiger charge is 2.65. The number of ether oxygens (including phenoxy) is 1. The number of aliphatic hydroxyl groups is 1. The van der Waals surface area contributed by atoms with Crippen LogP contribution in [0.3, 0.4) is 0 Å². The summed E-state index contributed by atoms with van der Waals surface area (Å²) in [4.78, 5) is 0. The molecule has 4 aliphatic rings. The lowest BCUT2D eigenvalue weighted by atomic mass is 9.44. The molecule has 0 spiro atoms. The van der Waals surface area contributed by atoms with E-state index >= 15 is 0 Å². The minimum atomic E-state index is -0.721. The van der Waals surface area contributed by atoms with Crippen LogP contribution in [0.4, 0.5) is 0 Å². The first-order valence-corrected chi connectivity index (χ1v) is 12.0. The first-order chi connectivity index (χ1) is 13.9. The number of nitrogens with two attached hydrogens (primary N) is 1. The van der Waals surface area contributed by atoms with Gasteiger partial charge >= 0.3 is 0 Å². The Balaban J connectivity index is 1.37. The van der Waals surface area contributed by atoms with Gasteiger partial charge in [0.1, 0.15) is 0 Å². The van der Waals surface area contributed by atoms with Crippen LogP contribution in [0.2, 0.25) is 0 Å². The maximum absolute atomic E-state index is 11.8. The van der Waals surface area contributed by atoms with Crippen molar-refractivity contribution in [2.24, 2.45) is 40.2 Å². The summed E-state index contributed by atoms with van der Waals surface area (Å²) >= 11 is 0. The predicted molar refractivity (Wildman–Crippen MR) is 113 cm³/mol. The molecule has 0 amide bonds. The standard InChI is InChI=1S/C25H39NO3/c1-23-9-5-19(29-14-12-26)15-17(23)3-4-20-21(23)6-10-24(2)22(20)7-11-25(24,27)18-8-13-28-16-18/h8,13,16-17,19-22,27H,3-7,9-12,14-15,26H2,1-2H3/t17-,19+,20-,21+,22+,23+,24+,25-/m1/s1. The number of hydrogen-bond acceptors (Lipinski definition) is 4. The van der Waals surface area contributed by atoms with E-state index in [4.69, 9.17) is 14.9 Å². The van der Waals surface area contributed by atoms with E-state index in [9.17, 15) is 5.11 Å². The average Bonchev–Trinajstić information content (AvgIpc) is 3.34. The Morgan fingerprint density at radius 3 is 2.69 bits per heavy atom. The van der Waals surface area contributed by atoms with Crippen molar-refractivity contribution >= 4 is 0 Å². The second-order valence-corrected chi connectivity index (χ2v) is 11.1. The zero-order valence-electron chi connectivity index (χ0n) is 18.2. The summed E-state index contributed by atoms with van der Waals surface area (Å²) in [6.07, 6.45) is 14.7. The lowest BCUT2D eigenvalue weighted by Crippen LogP contribution is -2.56. The van der Waals surface area contributed by atoms with Gasteiger partial charge < -0.3 is 20.0 Å². The van der Waals surface area contributed by atoms with Crippen molar-refractivity contribution < 1.29 is 14.3 Å². The van der Waals surface area contributed by atoms with Crippen molar-refractivity contribution in [3.63, 3.8) is 0 Å². The molecule has 3 N–H and O–H groups in total. The lowest BCUT2D eigenvalue weighted by molar-refractivity contribution is -0.164. The summed E-state index contributed by atoms with van der Waals surface area (Å²) in [5.74, 6) is 2.99. The van der Waals surface area contributed by atoms with Gasteiger partial charge in [0.05, 0.1) is 30.8 Å². The molecule has 4 nitrogen and oxygen atoms in total. The van der Waals surface area contributed by atoms with Crippen LogP contribution < -0.4 is 5.73 Å². The SMILES string of the molecule is C[C@]12CC[C@H](OCCN)C[C@H]1CC[C@@H]1[C@@H]2CC[C@@]2(C)[C@H]1CC[C@@]2(O)c1ccoc1. The minimum absolute atomic E-state index is 0.0251. The monoisotopic (exact) mass is 401 g/mol. The fourth-order valence-corrected chi connectivity index (χ4v) is 8.59. The van der Waals surface area contributed by atoms with Crippen molar-refractivity contribution in [3.8, 4) is 0 Å². The highest BCUT2D eigenvalue weighted by molar-refractivity contribution is 5.26. The molecule has 29 heavy (non-hydrogen) atoms. The van der Waals surface area contributed by atoms with E-state index in [0.29, 0.717) is 30.6 Å². The third-order valence-corrected chi connectivity index (χ3v) is 10.2. The highest BCUT2D eigenvalue weighted by atomic mass is 16.5. The molecule has 1 aromatic heterocycles. The second kappa shape index (κ2) is 7.10. The molecule has 0 aromatic carbocycles. The van der Waals surface area contributed by atoms with E-state index in [2.05, 4.69) is 13.8 Å². The van der Waals surface area contributed by atoms with Crippen LogP contribution in [0, 0.1) is 34.5 Å². The summed E-state index contributed by atoms with van der Waals surface area (Å²) in [6.45, 7) is 6.30. The van der Waals surface area contributed by atoms with Crippen molar-refractivity contribution in [2.75, 3.05) is 13.2 Å². The lowest BCUT2D eigenvalue weighted by Gasteiger charge is -2.61. The Labute approximate surface area is 175 Å². The molecule has 4 heteroatoms. The molecule has 0 bridgehead atoms. The van der Waals surface area contributed by atoms with E-state index in [1.54, 1.807) is 12.5 Å². The molecule has 162 valence electrons. The number of rotatable bonds is 4. The molecular weight excluding hydrogens is 362 g/mol. The molecule has 0 saturated heterocycles. The molecule has 8 atom stereocenters. The van der Waals surface area contributed by atoms with Gasteiger partial charge in [0, 0.05) is 17.5 Å². The van der Waals surface area contributed by atoms with Gasteiger partial charge in [0.25, 0.3) is 0 Å². The zero-order valence-corrected chi connectivity index (χ0v) is 18.2. The zero-order chi connectivity index (χ0) is 20.3. The highest BCUT2D eigenvalue weighted by Crippen LogP contribution is 2.70. The van der Waals surface area contributed by atoms with E-state index < -0.39 is 5.60 Å². The summed E-state index contributed by atoms with van der Waals surface area (Å²) in [7, 11) is 0. The molecule has 5 rings (SSSR count). The number of fused-ring (bicyclic) bond motifs is 5. The molecule has 4 fully saturated rings. The van der Waals surface area contributed by atoms with Crippen LogP contribution in [-0.4, -0.2) is 24.4 Å². The molecule has 4 aliphatic carbocycles. The third-order valence-electron chi connectivity index (χ3n) is 10.2. The quantitative estimate of drug-likeness (QED) is 0.756. The maximum Gasteiger partial charge on any atom is 0.0983 e. The number of hydrogen-bond donors (Lipinski definition) is 2. The normalized spacial score (nSPS) is 49.3. The van der Waals surface area contributed by atoms with Gasteiger partial charge in [-0.25, -0.2) is 0 Å². The minimum Gasteiger partial charge on any atom is -0.472 e. The van der Waals surface area contributed by atoms with Crippen LogP contribution in [0.15, 0.2) is 23.0 Å². The first kappa shape index (κ1) is 20.1. The van der Waals surface area contributed by atoms with Gasteiger partial charge in [-0.3, -0.25) is 0 Å². The van der Waals surface area contributed by atoms with E-state index in [0.717, 1.165) is 42.6 Å². The van der Waals surface area contributed by atoms with Crippen LogP contribution in [-0.2, 0) is 10.3 Å². The number of furan rings is 1. The predicted octanol–water partition coefficient (Wildman–Crippen LogP) is 4.85. The van der Waals surface area contributed by atoms with E-state index in [-0.39, 0.29) is 5.41 Å². The Morgan fingerprint density at radius 1 is 1.10 bits per heavy atom. The summed E-state index contributed by atoms with van der Waals surface area (Å²) in [6, 6.07) is 1.99.